The molecule has 2 fully saturated rings. The minimum Gasteiger partial charge on any atom is -0.504 e. The number of hydrogen-bond acceptors (Lipinski definition) is 4. The Morgan fingerprint density at radius 2 is 2.43 bits per heavy atom. The van der Waals surface area contributed by atoms with Crippen molar-refractivity contribution in [2.24, 2.45) is 0 Å². The second-order valence-corrected chi connectivity index (χ2v) is 6.40. The second kappa shape index (κ2) is 3.45. The molecule has 4 atom stereocenters. The summed E-state index contributed by atoms with van der Waals surface area (Å²) in [5, 5.41) is 25.4. The van der Waals surface area contributed by atoms with Crippen LogP contribution in [0.3, 0.4) is 0 Å². The highest BCUT2D eigenvalue weighted by atomic mass is 16.5. The number of aliphatic hydroxyl groups is 1. The van der Waals surface area contributed by atoms with Crippen molar-refractivity contribution in [1.82, 2.24) is 5.32 Å². The first-order valence-corrected chi connectivity index (χ1v) is 7.27. The lowest BCUT2D eigenvalue weighted by Gasteiger charge is -2.60. The second-order valence-electron chi connectivity index (χ2n) is 6.40. The molecular weight excluding hydrogens is 266 g/mol. The van der Waals surface area contributed by atoms with Gasteiger partial charge in [-0.25, -0.2) is 0 Å². The molecule has 2 heterocycles. The Labute approximate surface area is 130 Å². The number of nitrogens with one attached hydrogen (secondary N) is 1. The molecule has 1 saturated carbocycles. The van der Waals surface area contributed by atoms with Crippen molar-refractivity contribution in [3.05, 3.63) is 35.4 Å². The van der Waals surface area contributed by atoms with Crippen LogP contribution in [0.1, 0.15) is 37.2 Å². The van der Waals surface area contributed by atoms with E-state index in [1.807, 2.05) is 0 Å². The maximum absolute atomic E-state index is 11.8. The van der Waals surface area contributed by atoms with Crippen molar-refractivity contribution in [3.8, 4) is 11.5 Å². The number of rotatable bonds is 0. The number of piperidine rings is 1. The van der Waals surface area contributed by atoms with Gasteiger partial charge in [-0.2, -0.15) is 0 Å². The lowest BCUT2D eigenvalue weighted by molar-refractivity contribution is -0.135. The van der Waals surface area contributed by atoms with Crippen molar-refractivity contribution in [2.45, 2.75) is 48.8 Å². The van der Waals surface area contributed by atoms with E-state index in [2.05, 4.69) is 5.32 Å². The quantitative estimate of drug-likeness (QED) is 0.632. The Kier molecular flexibility index (Phi) is 1.35. The van der Waals surface area contributed by atoms with Gasteiger partial charge < -0.3 is 20.3 Å². The number of aromatic hydroxyl groups is 1. The van der Waals surface area contributed by atoms with Gasteiger partial charge in [-0.15, -0.1) is 0 Å². The molecular formula is C17H19NO3. The fourth-order valence-electron chi connectivity index (χ4n) is 4.73. The van der Waals surface area contributed by atoms with E-state index in [0.29, 0.717) is 24.9 Å². The van der Waals surface area contributed by atoms with Crippen LogP contribution in [0.25, 0.3) is 0 Å². The molecule has 4 heteroatoms. The molecule has 0 radical (unpaired) electrons. The summed E-state index contributed by atoms with van der Waals surface area (Å²) in [4.78, 5) is 0. The molecule has 0 unspecified atom stereocenters. The number of phenolic OH excluding ortho intramolecular Hbond substituents is 1. The average molecular weight is 290 g/mol. The van der Waals surface area contributed by atoms with Gasteiger partial charge in [0.25, 0.3) is 0 Å². The largest absolute Gasteiger partial charge is 0.504 e. The Balaban J connectivity index is 1.94. The number of benzene rings is 1. The Morgan fingerprint density at radius 3 is 3.29 bits per heavy atom. The van der Waals surface area contributed by atoms with Crippen LogP contribution in [0.15, 0.2) is 24.2 Å². The predicted molar refractivity (Wildman–Crippen MR) is 77.6 cm³/mol. The smallest absolute Gasteiger partial charge is 0.166 e. The fourth-order valence-corrected chi connectivity index (χ4v) is 4.73. The van der Waals surface area contributed by atoms with Crippen LogP contribution < -0.4 is 10.1 Å². The van der Waals surface area contributed by atoms with Gasteiger partial charge in [-0.05, 0) is 49.4 Å². The van der Waals surface area contributed by atoms with Gasteiger partial charge in [0.2, 0.25) is 0 Å². The van der Waals surface area contributed by atoms with E-state index < -0.39 is 41.6 Å². The third-order valence-electron chi connectivity index (χ3n) is 5.63. The van der Waals surface area contributed by atoms with Crippen LogP contribution in [0, 0.1) is 0 Å². The highest BCUT2D eigenvalue weighted by Crippen LogP contribution is 2.64. The maximum Gasteiger partial charge on any atom is 0.166 e. The van der Waals surface area contributed by atoms with Crippen molar-refractivity contribution in [3.63, 3.8) is 0 Å². The summed E-state index contributed by atoms with van der Waals surface area (Å²) < 4.78 is 47.6. The summed E-state index contributed by atoms with van der Waals surface area (Å²) in [6, 6.07) is 2.76. The molecule has 4 nitrogen and oxygen atoms in total. The Hall–Kier alpha value is -1.52. The topological polar surface area (TPSA) is 61.7 Å². The van der Waals surface area contributed by atoms with E-state index in [1.54, 1.807) is 6.07 Å². The van der Waals surface area contributed by atoms with Gasteiger partial charge in [0.1, 0.15) is 6.08 Å². The SMILES string of the molecule is [2H]C([2H])=C1C([2H])([2H])C[C@@]2(O)[C@H]3Cc4ccc(O)c5c4[C@@]2(CCN3)[C@@]1([2H])O5. The molecule has 1 spiro atoms. The van der Waals surface area contributed by atoms with E-state index in [4.69, 9.17) is 11.6 Å². The van der Waals surface area contributed by atoms with E-state index in [9.17, 15) is 10.2 Å². The molecule has 21 heavy (non-hydrogen) atoms. The molecule has 0 aromatic heterocycles. The zero-order chi connectivity index (χ0) is 18.7. The first-order chi connectivity index (χ1) is 12.1. The monoisotopic (exact) mass is 290 g/mol. The van der Waals surface area contributed by atoms with Crippen molar-refractivity contribution in [1.29, 1.82) is 0 Å². The van der Waals surface area contributed by atoms with E-state index in [-0.39, 0.29) is 17.9 Å². The third kappa shape index (κ3) is 1.10. The third-order valence-corrected chi connectivity index (χ3v) is 5.63. The van der Waals surface area contributed by atoms with Crippen molar-refractivity contribution in [2.75, 3.05) is 6.54 Å². The number of phenols is 1. The molecule has 1 aromatic carbocycles. The van der Waals surface area contributed by atoms with Gasteiger partial charge in [-0.1, -0.05) is 12.6 Å². The molecule has 5 rings (SSSR count). The Morgan fingerprint density at radius 1 is 1.52 bits per heavy atom. The highest BCUT2D eigenvalue weighted by molar-refractivity contribution is 5.63. The number of hydrogen-bond donors (Lipinski definition) is 3. The van der Waals surface area contributed by atoms with Crippen LogP contribution >= 0.6 is 0 Å². The minimum atomic E-state index is -2.24. The summed E-state index contributed by atoms with van der Waals surface area (Å²) >= 11 is 0. The van der Waals surface area contributed by atoms with Crippen LogP contribution in [0.5, 0.6) is 11.5 Å². The predicted octanol–water partition coefficient (Wildman–Crippen LogP) is 1.39. The van der Waals surface area contributed by atoms with E-state index >= 15 is 0 Å². The van der Waals surface area contributed by atoms with E-state index in [0.717, 1.165) is 5.56 Å². The average Bonchev–Trinajstić information content (AvgIpc) is 2.74. The van der Waals surface area contributed by atoms with Gasteiger partial charge in [0.15, 0.2) is 11.5 Å². The summed E-state index contributed by atoms with van der Waals surface area (Å²) in [5.41, 5.74) is -1.96. The van der Waals surface area contributed by atoms with E-state index in [1.165, 1.54) is 6.07 Å². The van der Waals surface area contributed by atoms with Crippen molar-refractivity contribution < 1.29 is 21.8 Å². The fraction of sp³-hybridized carbons (Fsp3) is 0.529. The lowest BCUT2D eigenvalue weighted by atomic mass is 9.49. The van der Waals surface area contributed by atoms with Crippen LogP contribution in [-0.2, 0) is 11.8 Å². The van der Waals surface area contributed by atoms with Gasteiger partial charge in [-0.3, -0.25) is 0 Å². The Bertz CT molecular complexity index is 885. The van der Waals surface area contributed by atoms with Crippen LogP contribution in [0.4, 0.5) is 0 Å². The minimum absolute atomic E-state index is 0.0766. The highest BCUT2D eigenvalue weighted by Gasteiger charge is 2.70. The molecule has 4 aliphatic rings. The van der Waals surface area contributed by atoms with Crippen molar-refractivity contribution >= 4 is 0 Å². The lowest BCUT2D eigenvalue weighted by Crippen LogP contribution is -2.74. The molecule has 1 aromatic rings. The molecule has 2 aliphatic carbocycles. The molecule has 3 N–H and O–H groups in total. The number of ether oxygens (including phenoxy) is 1. The van der Waals surface area contributed by atoms with Crippen LogP contribution in [-0.4, -0.2) is 34.5 Å². The summed E-state index contributed by atoms with van der Waals surface area (Å²) in [6.07, 6.45) is -4.00. The molecule has 2 aliphatic heterocycles. The zero-order valence-corrected chi connectivity index (χ0v) is 11.4. The first kappa shape index (κ1) is 8.20. The molecule has 110 valence electrons. The first-order valence-electron chi connectivity index (χ1n) is 9.77. The maximum atomic E-state index is 11.8. The summed E-state index contributed by atoms with van der Waals surface area (Å²) in [6.45, 7) is -0.316. The summed E-state index contributed by atoms with van der Waals surface area (Å²) in [7, 11) is 0. The van der Waals surface area contributed by atoms with Gasteiger partial charge in [0, 0.05) is 14.3 Å². The van der Waals surface area contributed by atoms with Crippen LogP contribution in [0.2, 0.25) is 0 Å². The summed E-state index contributed by atoms with van der Waals surface area (Å²) in [5.74, 6) is -0.0948. The van der Waals surface area contributed by atoms with Gasteiger partial charge >= 0.3 is 0 Å². The zero-order valence-electron chi connectivity index (χ0n) is 16.4. The van der Waals surface area contributed by atoms with Gasteiger partial charge in [0.05, 0.1) is 15.1 Å². The normalized spacial score (nSPS) is 51.6. The molecule has 0 amide bonds. The molecule has 1 saturated heterocycles. The standard InChI is InChI=1S/C17H19NO3/c1-9-4-5-17(20)12-8-10-2-3-11(19)14-13(10)16(17,6-7-18-12)15(9)21-14/h2-3,12,15,18-20H,1,4-8H2/t12-,15+,16+,17-/m1/s1/i1D2,4D2,15D. The molecule has 2 bridgehead atoms.